The number of nitro benzene ring substituents is 1. The smallest absolute Gasteiger partial charge is 0.289 e. The van der Waals surface area contributed by atoms with Crippen LogP contribution in [0.4, 0.5) is 5.69 Å². The normalized spacial score (nSPS) is 13.4. The van der Waals surface area contributed by atoms with Gasteiger partial charge in [-0.15, -0.1) is 0 Å². The van der Waals surface area contributed by atoms with Crippen LogP contribution in [-0.2, 0) is 9.84 Å². The van der Waals surface area contributed by atoms with Crippen LogP contribution >= 0.6 is 23.2 Å². The molecule has 0 saturated carbocycles. The van der Waals surface area contributed by atoms with Crippen LogP contribution in [0.1, 0.15) is 0 Å². The molecule has 1 aromatic rings. The molecule has 1 rings (SSSR count). The fourth-order valence-corrected chi connectivity index (χ4v) is 2.18. The number of hydrogen-bond donors (Lipinski definition) is 1. The first-order valence-corrected chi connectivity index (χ1v) is 6.13. The number of rotatable bonds is 3. The SMILES string of the molecule is O=[N+]([O-])c1cc(S(=O)(=O)C(O)Cl)ccc1Cl. The van der Waals surface area contributed by atoms with Crippen molar-refractivity contribution in [2.75, 3.05) is 0 Å². The van der Waals surface area contributed by atoms with Crippen LogP contribution in [0.25, 0.3) is 0 Å². The molecule has 16 heavy (non-hydrogen) atoms. The summed E-state index contributed by atoms with van der Waals surface area (Å²) in [5, 5.41) is 19.1. The molecule has 0 radical (unpaired) electrons. The van der Waals surface area contributed by atoms with Crippen LogP contribution in [0.2, 0.25) is 5.02 Å². The van der Waals surface area contributed by atoms with E-state index < -0.39 is 30.2 Å². The molecule has 0 amide bonds. The quantitative estimate of drug-likeness (QED) is 0.516. The van der Waals surface area contributed by atoms with Crippen LogP contribution in [0.15, 0.2) is 23.1 Å². The predicted molar refractivity (Wildman–Crippen MR) is 57.2 cm³/mol. The zero-order valence-corrected chi connectivity index (χ0v) is 9.83. The highest BCUT2D eigenvalue weighted by molar-refractivity contribution is 7.93. The molecule has 0 aliphatic rings. The molecule has 0 aliphatic carbocycles. The van der Waals surface area contributed by atoms with Gasteiger partial charge in [0.25, 0.3) is 5.69 Å². The van der Waals surface area contributed by atoms with Gasteiger partial charge in [-0.25, -0.2) is 8.42 Å². The highest BCUT2D eigenvalue weighted by Crippen LogP contribution is 2.28. The summed E-state index contributed by atoms with van der Waals surface area (Å²) in [4.78, 5) is 7.04. The fourth-order valence-electron chi connectivity index (χ4n) is 0.922. The number of halogens is 2. The van der Waals surface area contributed by atoms with Gasteiger partial charge in [0.1, 0.15) is 5.02 Å². The van der Waals surface area contributed by atoms with Crippen molar-refractivity contribution in [3.05, 3.63) is 33.3 Å². The summed E-state index contributed by atoms with van der Waals surface area (Å²) in [6.45, 7) is 0. The van der Waals surface area contributed by atoms with E-state index in [0.29, 0.717) is 0 Å². The first kappa shape index (κ1) is 13.2. The number of hydrogen-bond acceptors (Lipinski definition) is 5. The van der Waals surface area contributed by atoms with Gasteiger partial charge < -0.3 is 5.11 Å². The summed E-state index contributed by atoms with van der Waals surface area (Å²) < 4.78 is 22.7. The number of nitro groups is 1. The molecular weight excluding hydrogens is 281 g/mol. The lowest BCUT2D eigenvalue weighted by Gasteiger charge is -2.05. The number of benzene rings is 1. The van der Waals surface area contributed by atoms with Gasteiger partial charge in [0.2, 0.25) is 14.7 Å². The van der Waals surface area contributed by atoms with Crippen LogP contribution < -0.4 is 0 Å². The average molecular weight is 286 g/mol. The molecule has 1 atom stereocenters. The van der Waals surface area contributed by atoms with Gasteiger partial charge in [-0.1, -0.05) is 23.2 Å². The topological polar surface area (TPSA) is 97.5 Å². The number of aliphatic hydroxyl groups excluding tert-OH is 1. The number of sulfone groups is 1. The third kappa shape index (κ3) is 2.43. The summed E-state index contributed by atoms with van der Waals surface area (Å²) in [5.74, 6) is 0. The minimum atomic E-state index is -4.19. The molecular formula is C7H5Cl2NO5S. The Balaban J connectivity index is 3.40. The number of aliphatic hydroxyl groups is 1. The van der Waals surface area contributed by atoms with Crippen LogP contribution in [0, 0.1) is 10.1 Å². The number of alkyl halides is 1. The molecule has 6 nitrogen and oxygen atoms in total. The van der Waals surface area contributed by atoms with Gasteiger partial charge in [-0.05, 0) is 12.1 Å². The number of nitrogens with zero attached hydrogens (tertiary/aromatic N) is 1. The minimum Gasteiger partial charge on any atom is -0.365 e. The Kier molecular flexibility index (Phi) is 3.74. The van der Waals surface area contributed by atoms with E-state index in [2.05, 4.69) is 0 Å². The first-order chi connectivity index (χ1) is 7.26. The summed E-state index contributed by atoms with van der Waals surface area (Å²) in [7, 11) is -4.19. The van der Waals surface area contributed by atoms with Crippen molar-refractivity contribution in [2.24, 2.45) is 0 Å². The Morgan fingerprint density at radius 3 is 2.44 bits per heavy atom. The molecule has 0 spiro atoms. The van der Waals surface area contributed by atoms with Crippen molar-refractivity contribution in [3.8, 4) is 0 Å². The van der Waals surface area contributed by atoms with E-state index in [1.807, 2.05) is 0 Å². The maximum Gasteiger partial charge on any atom is 0.289 e. The molecule has 88 valence electrons. The molecule has 0 bridgehead atoms. The van der Waals surface area contributed by atoms with E-state index in [-0.39, 0.29) is 5.02 Å². The van der Waals surface area contributed by atoms with Crippen LogP contribution in [0.3, 0.4) is 0 Å². The van der Waals surface area contributed by atoms with Crippen molar-refractivity contribution in [1.29, 1.82) is 0 Å². The lowest BCUT2D eigenvalue weighted by Crippen LogP contribution is -2.14. The third-order valence-corrected chi connectivity index (χ3v) is 4.15. The lowest BCUT2D eigenvalue weighted by molar-refractivity contribution is -0.384. The third-order valence-electron chi connectivity index (χ3n) is 1.70. The van der Waals surface area contributed by atoms with Gasteiger partial charge in [-0.2, -0.15) is 0 Å². The average Bonchev–Trinajstić information content (AvgIpc) is 2.17. The van der Waals surface area contributed by atoms with E-state index in [4.69, 9.17) is 28.3 Å². The maximum atomic E-state index is 11.4. The van der Waals surface area contributed by atoms with Crippen molar-refractivity contribution >= 4 is 38.7 Å². The highest BCUT2D eigenvalue weighted by atomic mass is 35.5. The van der Waals surface area contributed by atoms with Gasteiger partial charge in [0, 0.05) is 6.07 Å². The van der Waals surface area contributed by atoms with Gasteiger partial charge in [-0.3, -0.25) is 10.1 Å². The standard InChI is InChI=1S/C7H5Cl2NO5S/c8-5-2-1-4(3-6(5)10(12)13)16(14,15)7(9)11/h1-3,7,11H. The van der Waals surface area contributed by atoms with E-state index in [0.717, 1.165) is 18.2 Å². The molecule has 0 fully saturated rings. The Hall–Kier alpha value is -0.890. The molecule has 1 N–H and O–H groups in total. The fraction of sp³-hybridized carbons (Fsp3) is 0.143. The Morgan fingerprint density at radius 1 is 1.44 bits per heavy atom. The molecule has 0 aliphatic heterocycles. The van der Waals surface area contributed by atoms with Crippen LogP contribution in [-0.4, -0.2) is 23.3 Å². The van der Waals surface area contributed by atoms with E-state index in [1.54, 1.807) is 0 Å². The zero-order valence-electron chi connectivity index (χ0n) is 7.50. The van der Waals surface area contributed by atoms with Crippen LogP contribution in [0.5, 0.6) is 0 Å². The van der Waals surface area contributed by atoms with Gasteiger partial charge in [0.05, 0.1) is 9.82 Å². The van der Waals surface area contributed by atoms with Gasteiger partial charge >= 0.3 is 0 Å². The Morgan fingerprint density at radius 2 is 2.00 bits per heavy atom. The molecule has 0 aromatic heterocycles. The minimum absolute atomic E-state index is 0.201. The Labute approximate surface area is 100 Å². The first-order valence-electron chi connectivity index (χ1n) is 3.77. The highest BCUT2D eigenvalue weighted by Gasteiger charge is 2.26. The van der Waals surface area contributed by atoms with Crippen molar-refractivity contribution < 1.29 is 18.4 Å². The summed E-state index contributed by atoms with van der Waals surface area (Å²) >= 11 is 10.5. The Bertz CT molecular complexity index is 528. The summed E-state index contributed by atoms with van der Waals surface area (Å²) in [6, 6.07) is 2.81. The van der Waals surface area contributed by atoms with E-state index in [9.17, 15) is 18.5 Å². The molecule has 0 heterocycles. The van der Waals surface area contributed by atoms with Crippen molar-refractivity contribution in [2.45, 2.75) is 9.79 Å². The molecule has 1 aromatic carbocycles. The second-order valence-corrected chi connectivity index (χ2v) is 5.79. The molecule has 1 unspecified atom stereocenters. The predicted octanol–water partition coefficient (Wildman–Crippen LogP) is 1.54. The molecule has 0 saturated heterocycles. The largest absolute Gasteiger partial charge is 0.365 e. The van der Waals surface area contributed by atoms with Crippen molar-refractivity contribution in [3.63, 3.8) is 0 Å². The molecule has 9 heteroatoms. The second-order valence-electron chi connectivity index (χ2n) is 2.71. The van der Waals surface area contributed by atoms with E-state index in [1.165, 1.54) is 0 Å². The second kappa shape index (κ2) is 4.54. The van der Waals surface area contributed by atoms with Gasteiger partial charge in [0.15, 0.2) is 0 Å². The maximum absolute atomic E-state index is 11.4. The lowest BCUT2D eigenvalue weighted by atomic mass is 10.3. The van der Waals surface area contributed by atoms with Crippen molar-refractivity contribution in [1.82, 2.24) is 0 Å². The summed E-state index contributed by atoms with van der Waals surface area (Å²) in [5.41, 5.74) is -0.569. The zero-order chi connectivity index (χ0) is 12.5. The van der Waals surface area contributed by atoms with E-state index >= 15 is 0 Å². The summed E-state index contributed by atoms with van der Waals surface area (Å²) in [6.07, 6.45) is 0. The monoisotopic (exact) mass is 285 g/mol.